The molecule has 0 radical (unpaired) electrons. The van der Waals surface area contributed by atoms with Crippen LogP contribution in [0.2, 0.25) is 0 Å². The normalized spacial score (nSPS) is 17.3. The summed E-state index contributed by atoms with van der Waals surface area (Å²) in [5.41, 5.74) is -0.0520. The highest BCUT2D eigenvalue weighted by atomic mass is 31.1. The fourth-order valence-electron chi connectivity index (χ4n) is 1.21. The van der Waals surface area contributed by atoms with Crippen LogP contribution in [0.25, 0.3) is 0 Å². The van der Waals surface area contributed by atoms with Crippen molar-refractivity contribution >= 4 is 16.1 Å². The van der Waals surface area contributed by atoms with Crippen LogP contribution < -0.4 is 0 Å². The van der Waals surface area contributed by atoms with Gasteiger partial charge in [-0.2, -0.15) is 0 Å². The van der Waals surface area contributed by atoms with Gasteiger partial charge >= 0.3 is 0 Å². The van der Waals surface area contributed by atoms with Gasteiger partial charge in [-0.05, 0) is 5.56 Å². The first kappa shape index (κ1) is 11.7. The van der Waals surface area contributed by atoms with Crippen LogP contribution in [0, 0.1) is 0 Å². The standard InChI is InChI=1S/C8H12O4P2/c9-13(10)6-8(14(11)12)7-4-2-1-3-5-7/h1-5,8,13-14H,6H2,(H,9,10)(H,11,12). The molecule has 0 spiro atoms. The van der Waals surface area contributed by atoms with Crippen molar-refractivity contribution in [3.05, 3.63) is 35.9 Å². The summed E-state index contributed by atoms with van der Waals surface area (Å²) in [4.78, 5) is 17.8. The highest BCUT2D eigenvalue weighted by Crippen LogP contribution is 2.42. The van der Waals surface area contributed by atoms with Gasteiger partial charge in [0.05, 0.1) is 5.66 Å². The second-order valence-electron chi connectivity index (χ2n) is 2.90. The summed E-state index contributed by atoms with van der Waals surface area (Å²) in [5.74, 6) is 0. The van der Waals surface area contributed by atoms with E-state index >= 15 is 0 Å². The van der Waals surface area contributed by atoms with E-state index in [1.165, 1.54) is 0 Å². The lowest BCUT2D eigenvalue weighted by Gasteiger charge is -2.11. The van der Waals surface area contributed by atoms with Crippen LogP contribution in [-0.2, 0) is 9.13 Å². The maximum atomic E-state index is 11.0. The molecule has 0 aliphatic heterocycles. The minimum atomic E-state index is -2.80. The van der Waals surface area contributed by atoms with E-state index in [0.29, 0.717) is 5.56 Å². The number of benzene rings is 1. The molecule has 0 saturated carbocycles. The fourth-order valence-corrected chi connectivity index (χ4v) is 3.49. The van der Waals surface area contributed by atoms with Gasteiger partial charge < -0.3 is 9.79 Å². The molecule has 3 atom stereocenters. The first-order chi connectivity index (χ1) is 6.61. The van der Waals surface area contributed by atoms with E-state index < -0.39 is 21.7 Å². The van der Waals surface area contributed by atoms with Crippen molar-refractivity contribution < 1.29 is 18.9 Å². The zero-order valence-electron chi connectivity index (χ0n) is 7.38. The summed E-state index contributed by atoms with van der Waals surface area (Å²) in [7, 11) is -5.51. The number of hydrogen-bond acceptors (Lipinski definition) is 2. The van der Waals surface area contributed by atoms with Gasteiger partial charge in [-0.25, -0.2) is 0 Å². The molecule has 78 valence electrons. The minimum absolute atomic E-state index is 0.122. The Hall–Kier alpha value is -0.400. The molecular weight excluding hydrogens is 222 g/mol. The molecular formula is C8H12O4P2. The van der Waals surface area contributed by atoms with E-state index in [4.69, 9.17) is 9.79 Å². The van der Waals surface area contributed by atoms with Crippen LogP contribution in [0.4, 0.5) is 0 Å². The summed E-state index contributed by atoms with van der Waals surface area (Å²) >= 11 is 0. The monoisotopic (exact) mass is 234 g/mol. The molecule has 2 N–H and O–H groups in total. The topological polar surface area (TPSA) is 74.6 Å². The van der Waals surface area contributed by atoms with Gasteiger partial charge in [-0.1, -0.05) is 30.3 Å². The number of rotatable bonds is 4. The van der Waals surface area contributed by atoms with Crippen molar-refractivity contribution in [2.75, 3.05) is 6.16 Å². The average molecular weight is 234 g/mol. The average Bonchev–Trinajstić information content (AvgIpc) is 2.15. The molecule has 0 fully saturated rings. The second kappa shape index (κ2) is 5.47. The molecule has 0 saturated heterocycles. The molecule has 1 rings (SSSR count). The smallest absolute Gasteiger partial charge is 0.196 e. The molecule has 1 aromatic rings. The maximum Gasteiger partial charge on any atom is 0.196 e. The Labute approximate surface area is 83.3 Å². The third-order valence-electron chi connectivity index (χ3n) is 1.88. The summed E-state index contributed by atoms with van der Waals surface area (Å²) in [6, 6.07) is 8.64. The highest BCUT2D eigenvalue weighted by Gasteiger charge is 2.18. The molecule has 0 amide bonds. The predicted octanol–water partition coefficient (Wildman–Crippen LogP) is 1.66. The van der Waals surface area contributed by atoms with Crippen LogP contribution >= 0.6 is 16.1 Å². The molecule has 14 heavy (non-hydrogen) atoms. The van der Waals surface area contributed by atoms with Crippen LogP contribution in [0.15, 0.2) is 30.3 Å². The van der Waals surface area contributed by atoms with Crippen LogP contribution in [0.3, 0.4) is 0 Å². The lowest BCUT2D eigenvalue weighted by molar-refractivity contribution is 0.482. The summed E-state index contributed by atoms with van der Waals surface area (Å²) < 4.78 is 21.6. The summed E-state index contributed by atoms with van der Waals surface area (Å²) in [6.07, 6.45) is -0.122. The van der Waals surface area contributed by atoms with Crippen molar-refractivity contribution in [1.82, 2.24) is 0 Å². The Morgan fingerprint density at radius 2 is 1.71 bits per heavy atom. The van der Waals surface area contributed by atoms with E-state index in [1.54, 1.807) is 30.3 Å². The van der Waals surface area contributed by atoms with E-state index in [2.05, 4.69) is 0 Å². The van der Waals surface area contributed by atoms with Crippen molar-refractivity contribution in [3.8, 4) is 0 Å². The zero-order valence-corrected chi connectivity index (χ0v) is 9.38. The molecule has 3 unspecified atom stereocenters. The largest absolute Gasteiger partial charge is 0.346 e. The number of hydrogen-bond donors (Lipinski definition) is 2. The molecule has 0 bridgehead atoms. The van der Waals surface area contributed by atoms with Crippen molar-refractivity contribution in [3.63, 3.8) is 0 Å². The van der Waals surface area contributed by atoms with Crippen molar-refractivity contribution in [2.24, 2.45) is 0 Å². The Balaban J connectivity index is 2.89. The van der Waals surface area contributed by atoms with Gasteiger partial charge in [-0.15, -0.1) is 0 Å². The predicted molar refractivity (Wildman–Crippen MR) is 56.5 cm³/mol. The van der Waals surface area contributed by atoms with Crippen LogP contribution in [0.5, 0.6) is 0 Å². The van der Waals surface area contributed by atoms with E-state index in [-0.39, 0.29) is 6.16 Å². The van der Waals surface area contributed by atoms with Crippen molar-refractivity contribution in [2.45, 2.75) is 5.66 Å². The van der Waals surface area contributed by atoms with Gasteiger partial charge in [0, 0.05) is 6.16 Å². The molecule has 6 heteroatoms. The Morgan fingerprint density at radius 3 is 2.14 bits per heavy atom. The Bertz CT molecular complexity index is 338. The highest BCUT2D eigenvalue weighted by molar-refractivity contribution is 7.43. The quantitative estimate of drug-likeness (QED) is 0.777. The van der Waals surface area contributed by atoms with Crippen molar-refractivity contribution in [1.29, 1.82) is 0 Å². The SMILES string of the molecule is O=[PH](O)CC(c1ccccc1)[PH](=O)O. The van der Waals surface area contributed by atoms with Gasteiger partial charge in [0.2, 0.25) is 0 Å². The van der Waals surface area contributed by atoms with Crippen LogP contribution in [-0.4, -0.2) is 15.9 Å². The Kier molecular flexibility index (Phi) is 4.56. The third-order valence-corrected chi connectivity index (χ3v) is 4.18. The van der Waals surface area contributed by atoms with E-state index in [1.807, 2.05) is 0 Å². The zero-order chi connectivity index (χ0) is 10.6. The third kappa shape index (κ3) is 3.39. The molecule has 0 aliphatic carbocycles. The van der Waals surface area contributed by atoms with Gasteiger partial charge in [-0.3, -0.25) is 9.13 Å². The summed E-state index contributed by atoms with van der Waals surface area (Å²) in [5, 5.41) is 0. The minimum Gasteiger partial charge on any atom is -0.346 e. The first-order valence-electron chi connectivity index (χ1n) is 4.11. The molecule has 1 aromatic carbocycles. The van der Waals surface area contributed by atoms with Gasteiger partial charge in [0.15, 0.2) is 16.1 Å². The van der Waals surface area contributed by atoms with E-state index in [0.717, 1.165) is 0 Å². The first-order valence-corrected chi connectivity index (χ1v) is 7.10. The van der Waals surface area contributed by atoms with E-state index in [9.17, 15) is 9.13 Å². The lowest BCUT2D eigenvalue weighted by atomic mass is 10.2. The van der Waals surface area contributed by atoms with Crippen LogP contribution in [0.1, 0.15) is 11.2 Å². The van der Waals surface area contributed by atoms with Gasteiger partial charge in [0.1, 0.15) is 0 Å². The summed E-state index contributed by atoms with van der Waals surface area (Å²) in [6.45, 7) is 0. The Morgan fingerprint density at radius 1 is 1.14 bits per heavy atom. The maximum absolute atomic E-state index is 11.0. The molecule has 0 aliphatic rings. The molecule has 0 aromatic heterocycles. The molecule has 0 heterocycles. The fraction of sp³-hybridized carbons (Fsp3) is 0.250. The lowest BCUT2D eigenvalue weighted by Crippen LogP contribution is -1.96. The molecule has 4 nitrogen and oxygen atoms in total. The van der Waals surface area contributed by atoms with Gasteiger partial charge in [0.25, 0.3) is 0 Å². The second-order valence-corrected chi connectivity index (χ2v) is 5.47.